The second-order valence-electron chi connectivity index (χ2n) is 7.61. The number of benzene rings is 2. The predicted molar refractivity (Wildman–Crippen MR) is 121 cm³/mol. The van der Waals surface area contributed by atoms with E-state index in [-0.39, 0.29) is 11.9 Å². The van der Waals surface area contributed by atoms with Crippen molar-refractivity contribution in [1.82, 2.24) is 0 Å². The lowest BCUT2D eigenvalue weighted by Crippen LogP contribution is -2.26. The number of anilines is 4. The van der Waals surface area contributed by atoms with Crippen LogP contribution in [0.2, 0.25) is 0 Å². The van der Waals surface area contributed by atoms with Crippen LogP contribution in [-0.2, 0) is 11.2 Å². The normalized spacial score (nSPS) is 19.2. The quantitative estimate of drug-likeness (QED) is 0.695. The van der Waals surface area contributed by atoms with Gasteiger partial charge in [-0.05, 0) is 49.1 Å². The van der Waals surface area contributed by atoms with Gasteiger partial charge in [0.25, 0.3) is 0 Å². The van der Waals surface area contributed by atoms with Gasteiger partial charge < -0.3 is 21.3 Å². The minimum Gasteiger partial charge on any atom is -0.404 e. The fraction of sp³-hybridized carbons (Fsp3) is 0.304. The minimum atomic E-state index is 0.0406. The predicted octanol–water partition coefficient (Wildman–Crippen LogP) is 3.91. The summed E-state index contributed by atoms with van der Waals surface area (Å²) < 4.78 is 0. The number of hydrogen-bond donors (Lipinski definition) is 3. The molecule has 150 valence electrons. The summed E-state index contributed by atoms with van der Waals surface area (Å²) in [5, 5.41) is 6.58. The van der Waals surface area contributed by atoms with E-state index in [1.807, 2.05) is 19.1 Å². The van der Waals surface area contributed by atoms with E-state index in [2.05, 4.69) is 44.8 Å². The zero-order chi connectivity index (χ0) is 20.4. The number of carbonyl (C=O) groups excluding carboxylic acids is 1. The number of nitrogens with one attached hydrogen (secondary N) is 2. The molecule has 1 atom stereocenters. The summed E-state index contributed by atoms with van der Waals surface area (Å²) >= 11 is 0. The second-order valence-corrected chi connectivity index (χ2v) is 7.61. The van der Waals surface area contributed by atoms with Crippen molar-refractivity contribution in [3.05, 3.63) is 53.7 Å². The Morgan fingerprint density at radius 1 is 1.28 bits per heavy atom. The Morgan fingerprint density at radius 3 is 2.93 bits per heavy atom. The van der Waals surface area contributed by atoms with E-state index < -0.39 is 0 Å². The molecule has 4 N–H and O–H groups in total. The van der Waals surface area contributed by atoms with Crippen LogP contribution in [0, 0.1) is 0 Å². The maximum atomic E-state index is 12.2. The highest BCUT2D eigenvalue weighted by Gasteiger charge is 2.25. The molecule has 6 nitrogen and oxygen atoms in total. The van der Waals surface area contributed by atoms with Gasteiger partial charge in [-0.15, -0.1) is 0 Å². The molecule has 2 aliphatic rings. The summed E-state index contributed by atoms with van der Waals surface area (Å²) in [5.41, 5.74) is 13.2. The van der Waals surface area contributed by atoms with Crippen molar-refractivity contribution in [2.45, 2.75) is 32.2 Å². The third-order valence-corrected chi connectivity index (χ3v) is 5.47. The molecule has 0 unspecified atom stereocenters. The lowest BCUT2D eigenvalue weighted by Gasteiger charge is -2.34. The smallest absolute Gasteiger partial charge is 0.226 e. The molecule has 6 heteroatoms. The number of nitrogens with two attached hydrogens (primary N) is 1. The van der Waals surface area contributed by atoms with Gasteiger partial charge in [-0.3, -0.25) is 9.79 Å². The van der Waals surface area contributed by atoms with Gasteiger partial charge in [0.2, 0.25) is 5.91 Å². The van der Waals surface area contributed by atoms with E-state index in [4.69, 9.17) is 5.73 Å². The van der Waals surface area contributed by atoms with E-state index in [0.717, 1.165) is 47.6 Å². The summed E-state index contributed by atoms with van der Waals surface area (Å²) in [6, 6.07) is 12.6. The van der Waals surface area contributed by atoms with Crippen LogP contribution in [0.25, 0.3) is 5.57 Å². The Labute approximate surface area is 171 Å². The van der Waals surface area contributed by atoms with Gasteiger partial charge in [-0.2, -0.15) is 0 Å². The topological polar surface area (TPSA) is 82.8 Å². The zero-order valence-electron chi connectivity index (χ0n) is 16.9. The fourth-order valence-electron chi connectivity index (χ4n) is 4.15. The van der Waals surface area contributed by atoms with Crippen LogP contribution in [0.5, 0.6) is 0 Å². The number of nitrogens with zero attached hydrogens (tertiary/aromatic N) is 2. The van der Waals surface area contributed by atoms with E-state index in [1.54, 1.807) is 19.5 Å². The van der Waals surface area contributed by atoms with Crippen LogP contribution in [0.4, 0.5) is 22.7 Å². The lowest BCUT2D eigenvalue weighted by molar-refractivity contribution is -0.116. The molecular formula is C23H27N5O. The molecule has 29 heavy (non-hydrogen) atoms. The first-order valence-electron chi connectivity index (χ1n) is 10.0. The highest BCUT2D eigenvalue weighted by Crippen LogP contribution is 2.42. The molecule has 4 rings (SSSR count). The Kier molecular flexibility index (Phi) is 5.25. The highest BCUT2D eigenvalue weighted by atomic mass is 16.1. The molecule has 0 saturated heterocycles. The van der Waals surface area contributed by atoms with E-state index in [9.17, 15) is 4.79 Å². The Hall–Kier alpha value is -3.28. The van der Waals surface area contributed by atoms with Gasteiger partial charge in [0.05, 0.1) is 17.1 Å². The van der Waals surface area contributed by atoms with Gasteiger partial charge in [0.15, 0.2) is 0 Å². The van der Waals surface area contributed by atoms with Crippen molar-refractivity contribution in [1.29, 1.82) is 0 Å². The number of aliphatic imine (C=N–C) groups is 1. The monoisotopic (exact) mass is 389 g/mol. The van der Waals surface area contributed by atoms with Crippen molar-refractivity contribution < 1.29 is 4.79 Å². The van der Waals surface area contributed by atoms with Gasteiger partial charge in [-0.25, -0.2) is 0 Å². The van der Waals surface area contributed by atoms with Crippen molar-refractivity contribution in [3.8, 4) is 0 Å². The number of amides is 1. The first-order chi connectivity index (χ1) is 14.1. The van der Waals surface area contributed by atoms with Crippen molar-refractivity contribution in [2.75, 3.05) is 29.1 Å². The summed E-state index contributed by atoms with van der Waals surface area (Å²) in [5.74, 6) is 0.0406. The average Bonchev–Trinajstić information content (AvgIpc) is 2.87. The van der Waals surface area contributed by atoms with Crippen LogP contribution in [-0.4, -0.2) is 31.8 Å². The number of rotatable bonds is 3. The zero-order valence-corrected chi connectivity index (χ0v) is 16.9. The van der Waals surface area contributed by atoms with Crippen LogP contribution >= 0.6 is 0 Å². The number of allylic oxidation sites excluding steroid dienone is 1. The molecular weight excluding hydrogens is 362 g/mol. The summed E-state index contributed by atoms with van der Waals surface area (Å²) in [6.07, 6.45) is 5.95. The maximum absolute atomic E-state index is 12.2. The molecule has 0 fully saturated rings. The van der Waals surface area contributed by atoms with E-state index in [1.165, 1.54) is 11.3 Å². The number of hydrogen-bond acceptors (Lipinski definition) is 5. The number of carbonyl (C=O) groups is 1. The standard InChI is InChI=1S/C23H27N5O/c1-15-11-22(29)27-19-6-3-7-20(23(19)26-15)28-10-4-5-16-8-9-17(12-21(16)28)18(13-24)14-25-2/h3,6-9,12-15,26H,4-5,10-11,24H2,1-2H3,(H,27,29)/t15-/m1/s1. The van der Waals surface area contributed by atoms with Crippen molar-refractivity contribution in [2.24, 2.45) is 10.7 Å². The maximum Gasteiger partial charge on any atom is 0.226 e. The van der Waals surface area contributed by atoms with Crippen molar-refractivity contribution in [3.63, 3.8) is 0 Å². The molecule has 0 aromatic heterocycles. The summed E-state index contributed by atoms with van der Waals surface area (Å²) in [4.78, 5) is 18.6. The van der Waals surface area contributed by atoms with Crippen LogP contribution in [0.1, 0.15) is 30.9 Å². The van der Waals surface area contributed by atoms with Crippen LogP contribution in [0.15, 0.2) is 47.6 Å². The molecule has 1 amide bonds. The lowest BCUT2D eigenvalue weighted by atomic mass is 9.96. The molecule has 2 aliphatic heterocycles. The third kappa shape index (κ3) is 3.70. The average molecular weight is 390 g/mol. The molecule has 2 aromatic rings. The molecule has 0 radical (unpaired) electrons. The summed E-state index contributed by atoms with van der Waals surface area (Å²) in [7, 11) is 1.74. The van der Waals surface area contributed by atoms with Gasteiger partial charge in [-0.1, -0.05) is 18.2 Å². The molecule has 0 saturated carbocycles. The number of fused-ring (bicyclic) bond motifs is 2. The van der Waals surface area contributed by atoms with Crippen LogP contribution < -0.4 is 21.3 Å². The molecule has 0 aliphatic carbocycles. The number of para-hydroxylation sites is 1. The molecule has 2 aromatic carbocycles. The van der Waals surface area contributed by atoms with Crippen molar-refractivity contribution >= 4 is 40.4 Å². The van der Waals surface area contributed by atoms with E-state index >= 15 is 0 Å². The first kappa shape index (κ1) is 19.1. The molecule has 0 bridgehead atoms. The Bertz CT molecular complexity index is 995. The van der Waals surface area contributed by atoms with Gasteiger partial charge in [0, 0.05) is 49.7 Å². The summed E-state index contributed by atoms with van der Waals surface area (Å²) in [6.45, 7) is 2.95. The van der Waals surface area contributed by atoms with Gasteiger partial charge in [0.1, 0.15) is 0 Å². The van der Waals surface area contributed by atoms with E-state index in [0.29, 0.717) is 6.42 Å². The third-order valence-electron chi connectivity index (χ3n) is 5.47. The second kappa shape index (κ2) is 7.99. The van der Waals surface area contributed by atoms with Crippen LogP contribution in [0.3, 0.4) is 0 Å². The Balaban J connectivity index is 1.81. The van der Waals surface area contributed by atoms with Gasteiger partial charge >= 0.3 is 0 Å². The highest BCUT2D eigenvalue weighted by molar-refractivity contribution is 6.10. The first-order valence-corrected chi connectivity index (χ1v) is 10.0. The minimum absolute atomic E-state index is 0.0406. The Morgan fingerprint density at radius 2 is 2.14 bits per heavy atom. The SMILES string of the molecule is CN=CC(=CN)c1ccc2c(c1)N(c1cccc3c1N[C@H](C)CC(=O)N3)CCC2. The fourth-order valence-corrected chi connectivity index (χ4v) is 4.15. The number of aryl methyl sites for hydroxylation is 1. The molecule has 2 heterocycles. The molecule has 0 spiro atoms. The largest absolute Gasteiger partial charge is 0.404 e.